The molecular weight excluding hydrogens is 350 g/mol. The first-order valence-electron chi connectivity index (χ1n) is 10.4. The molecule has 1 saturated heterocycles. The smallest absolute Gasteiger partial charge is 0.251 e. The molecule has 1 amide bonds. The summed E-state index contributed by atoms with van der Waals surface area (Å²) in [4.78, 5) is 29.0. The Bertz CT molecular complexity index is 933. The second kappa shape index (κ2) is 6.73. The maximum absolute atomic E-state index is 13.0. The number of amides is 1. The number of rotatable bonds is 3. The first-order chi connectivity index (χ1) is 13.2. The fourth-order valence-electron chi connectivity index (χ4n) is 5.23. The summed E-state index contributed by atoms with van der Waals surface area (Å²) in [5.41, 5.74) is 2.82. The van der Waals surface area contributed by atoms with Crippen LogP contribution in [0.15, 0.2) is 18.2 Å². The van der Waals surface area contributed by atoms with Gasteiger partial charge in [-0.3, -0.25) is 9.59 Å². The van der Waals surface area contributed by atoms with Gasteiger partial charge in [0.1, 0.15) is 0 Å². The maximum atomic E-state index is 13.0. The molecule has 2 heterocycles. The van der Waals surface area contributed by atoms with Crippen LogP contribution in [0.2, 0.25) is 0 Å². The van der Waals surface area contributed by atoms with Crippen LogP contribution in [0.3, 0.4) is 0 Å². The normalized spacial score (nSPS) is 23.4. The Morgan fingerprint density at radius 1 is 1.18 bits per heavy atom. The van der Waals surface area contributed by atoms with Crippen LogP contribution in [0.1, 0.15) is 79.8 Å². The third kappa shape index (κ3) is 3.26. The fraction of sp³-hybridized carbons (Fsp3) is 0.565. The van der Waals surface area contributed by atoms with E-state index >= 15 is 0 Å². The number of hydrogen-bond donors (Lipinski definition) is 3. The lowest BCUT2D eigenvalue weighted by molar-refractivity contribution is 0.0759. The number of hydrogen-bond acceptors (Lipinski definition) is 3. The highest BCUT2D eigenvalue weighted by Crippen LogP contribution is 2.48. The Morgan fingerprint density at radius 3 is 2.68 bits per heavy atom. The largest absolute Gasteiger partial charge is 0.352 e. The Balaban J connectivity index is 1.64. The molecule has 0 radical (unpaired) electrons. The zero-order valence-corrected chi connectivity index (χ0v) is 17.4. The van der Waals surface area contributed by atoms with Crippen molar-refractivity contribution in [3.63, 3.8) is 0 Å². The zero-order chi connectivity index (χ0) is 20.1. The molecule has 5 heteroatoms. The summed E-state index contributed by atoms with van der Waals surface area (Å²) in [6, 6.07) is 6.08. The van der Waals surface area contributed by atoms with Crippen LogP contribution in [0.5, 0.6) is 0 Å². The lowest BCUT2D eigenvalue weighted by Gasteiger charge is -2.39. The molecule has 2 aliphatic rings. The second-order valence-electron chi connectivity index (χ2n) is 9.77. The SMILES string of the molecule is CC1(C)CC(C)(C)c2c([nH]c3ccc(C(=O)NCC4CCCCN4)cc23)C1=O. The van der Waals surface area contributed by atoms with Crippen LogP contribution in [0.25, 0.3) is 10.9 Å². The molecular formula is C23H31N3O2. The van der Waals surface area contributed by atoms with Gasteiger partial charge in [-0.05, 0) is 55.0 Å². The molecule has 1 aromatic carbocycles. The van der Waals surface area contributed by atoms with Crippen molar-refractivity contribution in [2.75, 3.05) is 13.1 Å². The molecule has 3 N–H and O–H groups in total. The Kier molecular flexibility index (Phi) is 4.61. The molecule has 0 spiro atoms. The van der Waals surface area contributed by atoms with Crippen LogP contribution in [0.4, 0.5) is 0 Å². The van der Waals surface area contributed by atoms with Crippen molar-refractivity contribution in [3.8, 4) is 0 Å². The molecule has 1 fully saturated rings. The lowest BCUT2D eigenvalue weighted by Crippen LogP contribution is -2.43. The predicted octanol–water partition coefficient (Wildman–Crippen LogP) is 3.93. The summed E-state index contributed by atoms with van der Waals surface area (Å²) in [6.07, 6.45) is 4.33. The number of ketones is 1. The van der Waals surface area contributed by atoms with Gasteiger partial charge in [0.15, 0.2) is 5.78 Å². The van der Waals surface area contributed by atoms with E-state index in [1.54, 1.807) is 0 Å². The van der Waals surface area contributed by atoms with Crippen molar-refractivity contribution in [1.29, 1.82) is 0 Å². The summed E-state index contributed by atoms with van der Waals surface area (Å²) < 4.78 is 0. The summed E-state index contributed by atoms with van der Waals surface area (Å²) in [5, 5.41) is 7.52. The highest BCUT2D eigenvalue weighted by atomic mass is 16.1. The number of carbonyl (C=O) groups is 2. The monoisotopic (exact) mass is 381 g/mol. The molecule has 0 bridgehead atoms. The molecule has 1 aliphatic carbocycles. The van der Waals surface area contributed by atoms with Gasteiger partial charge in [0.2, 0.25) is 0 Å². The lowest BCUT2D eigenvalue weighted by atomic mass is 9.63. The van der Waals surface area contributed by atoms with Gasteiger partial charge in [0.25, 0.3) is 5.91 Å². The third-order valence-corrected chi connectivity index (χ3v) is 6.38. The molecule has 2 aromatic rings. The van der Waals surface area contributed by atoms with Crippen LogP contribution < -0.4 is 10.6 Å². The van der Waals surface area contributed by atoms with Gasteiger partial charge in [-0.25, -0.2) is 0 Å². The van der Waals surface area contributed by atoms with E-state index in [-0.39, 0.29) is 22.5 Å². The standard InChI is InChI=1S/C23H31N3O2/c1-22(2)13-23(3,4)20(27)19-18(22)16-11-14(8-9-17(16)26-19)21(28)25-12-15-7-5-6-10-24-15/h8-9,11,15,24,26H,5-7,10,12-13H2,1-4H3,(H,25,28). The van der Waals surface area contributed by atoms with E-state index in [0.29, 0.717) is 23.8 Å². The molecule has 4 rings (SSSR count). The third-order valence-electron chi connectivity index (χ3n) is 6.38. The average Bonchev–Trinajstić information content (AvgIpc) is 3.04. The first kappa shape index (κ1) is 19.2. The van der Waals surface area contributed by atoms with E-state index in [9.17, 15) is 9.59 Å². The van der Waals surface area contributed by atoms with Crippen LogP contribution >= 0.6 is 0 Å². The minimum absolute atomic E-state index is 0.0514. The van der Waals surface area contributed by atoms with E-state index in [1.807, 2.05) is 32.0 Å². The number of benzene rings is 1. The van der Waals surface area contributed by atoms with E-state index in [0.717, 1.165) is 35.9 Å². The number of piperidine rings is 1. The highest BCUT2D eigenvalue weighted by Gasteiger charge is 2.45. The molecule has 1 aromatic heterocycles. The summed E-state index contributed by atoms with van der Waals surface area (Å²) in [5.74, 6) is 0.108. The number of Topliss-reactive ketones (excluding diaryl/α,β-unsaturated/α-hetero) is 1. The fourth-order valence-corrected chi connectivity index (χ4v) is 5.23. The predicted molar refractivity (Wildman–Crippen MR) is 112 cm³/mol. The topological polar surface area (TPSA) is 74.0 Å². The van der Waals surface area contributed by atoms with Gasteiger partial charge >= 0.3 is 0 Å². The Hall–Kier alpha value is -2.14. The van der Waals surface area contributed by atoms with Crippen molar-refractivity contribution < 1.29 is 9.59 Å². The average molecular weight is 382 g/mol. The minimum atomic E-state index is -0.384. The first-order valence-corrected chi connectivity index (χ1v) is 10.4. The molecule has 1 unspecified atom stereocenters. The summed E-state index contributed by atoms with van der Waals surface area (Å²) in [7, 11) is 0. The van der Waals surface area contributed by atoms with Gasteiger partial charge in [0.05, 0.1) is 5.69 Å². The number of carbonyl (C=O) groups excluding carboxylic acids is 2. The molecule has 5 nitrogen and oxygen atoms in total. The van der Waals surface area contributed by atoms with Crippen molar-refractivity contribution in [2.45, 2.75) is 64.8 Å². The van der Waals surface area contributed by atoms with Crippen molar-refractivity contribution in [3.05, 3.63) is 35.0 Å². The molecule has 1 aliphatic heterocycles. The summed E-state index contributed by atoms with van der Waals surface area (Å²) in [6.45, 7) is 10.1. The summed E-state index contributed by atoms with van der Waals surface area (Å²) >= 11 is 0. The van der Waals surface area contributed by atoms with Crippen LogP contribution in [-0.2, 0) is 5.41 Å². The number of aromatic nitrogens is 1. The number of aromatic amines is 1. The minimum Gasteiger partial charge on any atom is -0.352 e. The Morgan fingerprint density at radius 2 is 1.96 bits per heavy atom. The van der Waals surface area contributed by atoms with Gasteiger partial charge in [-0.2, -0.15) is 0 Å². The zero-order valence-electron chi connectivity index (χ0n) is 17.4. The van der Waals surface area contributed by atoms with E-state index < -0.39 is 0 Å². The molecule has 28 heavy (non-hydrogen) atoms. The molecule has 0 saturated carbocycles. The molecule has 150 valence electrons. The maximum Gasteiger partial charge on any atom is 0.251 e. The Labute approximate surface area is 166 Å². The van der Waals surface area contributed by atoms with E-state index in [2.05, 4.69) is 29.5 Å². The van der Waals surface area contributed by atoms with E-state index in [4.69, 9.17) is 0 Å². The quantitative estimate of drug-likeness (QED) is 0.754. The van der Waals surface area contributed by atoms with Gasteiger partial charge in [-0.15, -0.1) is 0 Å². The molecule has 1 atom stereocenters. The van der Waals surface area contributed by atoms with Crippen molar-refractivity contribution in [2.24, 2.45) is 5.41 Å². The van der Waals surface area contributed by atoms with Crippen LogP contribution in [0, 0.1) is 5.41 Å². The number of nitrogens with one attached hydrogen (secondary N) is 3. The number of fused-ring (bicyclic) bond motifs is 3. The number of H-pyrrole nitrogens is 1. The van der Waals surface area contributed by atoms with Gasteiger partial charge in [0, 0.05) is 34.5 Å². The highest BCUT2D eigenvalue weighted by molar-refractivity contribution is 6.08. The van der Waals surface area contributed by atoms with E-state index in [1.165, 1.54) is 12.8 Å². The van der Waals surface area contributed by atoms with Gasteiger partial charge < -0.3 is 15.6 Å². The van der Waals surface area contributed by atoms with Crippen molar-refractivity contribution >= 4 is 22.6 Å². The second-order valence-corrected chi connectivity index (χ2v) is 9.77. The van der Waals surface area contributed by atoms with Gasteiger partial charge in [-0.1, -0.05) is 34.1 Å². The van der Waals surface area contributed by atoms with Crippen LogP contribution in [-0.4, -0.2) is 35.8 Å². The van der Waals surface area contributed by atoms with Crippen molar-refractivity contribution in [1.82, 2.24) is 15.6 Å².